The Balaban J connectivity index is 2.28. The molecule has 0 radical (unpaired) electrons. The maximum atomic E-state index is 11.5. The van der Waals surface area contributed by atoms with Gasteiger partial charge in [0.25, 0.3) is 0 Å². The van der Waals surface area contributed by atoms with Crippen LogP contribution in [0.25, 0.3) is 0 Å². The van der Waals surface area contributed by atoms with Gasteiger partial charge in [-0.05, 0) is 25.0 Å². The summed E-state index contributed by atoms with van der Waals surface area (Å²) in [7, 11) is 0. The molecule has 3 nitrogen and oxygen atoms in total. The molecule has 1 atom stereocenters. The van der Waals surface area contributed by atoms with Crippen LogP contribution in [0.3, 0.4) is 0 Å². The molecule has 0 aromatic heterocycles. The van der Waals surface area contributed by atoms with E-state index in [2.05, 4.69) is 5.32 Å². The summed E-state index contributed by atoms with van der Waals surface area (Å²) >= 11 is 1.70. The highest BCUT2D eigenvalue weighted by atomic mass is 32.2. The third-order valence-corrected chi connectivity index (χ3v) is 3.71. The predicted molar refractivity (Wildman–Crippen MR) is 65.9 cm³/mol. The van der Waals surface area contributed by atoms with Gasteiger partial charge in [0.05, 0.1) is 0 Å². The van der Waals surface area contributed by atoms with E-state index in [1.165, 1.54) is 25.7 Å². The zero-order valence-corrected chi connectivity index (χ0v) is 10.3. The van der Waals surface area contributed by atoms with E-state index in [0.717, 1.165) is 5.75 Å². The van der Waals surface area contributed by atoms with Crippen molar-refractivity contribution >= 4 is 17.7 Å². The van der Waals surface area contributed by atoms with Crippen molar-refractivity contribution in [2.45, 2.75) is 38.1 Å². The van der Waals surface area contributed by atoms with Crippen LogP contribution in [-0.4, -0.2) is 30.5 Å². The van der Waals surface area contributed by atoms with Crippen LogP contribution in [0.4, 0.5) is 0 Å². The van der Waals surface area contributed by atoms with Gasteiger partial charge in [-0.1, -0.05) is 12.8 Å². The van der Waals surface area contributed by atoms with Crippen LogP contribution in [0.5, 0.6) is 0 Å². The molecule has 0 saturated heterocycles. The SMILES string of the molecule is CSCCC(=O)NC(CN)C1CCCC1. The molecule has 1 aliphatic carbocycles. The zero-order chi connectivity index (χ0) is 11.1. The highest BCUT2D eigenvalue weighted by molar-refractivity contribution is 7.98. The van der Waals surface area contributed by atoms with E-state index in [9.17, 15) is 4.79 Å². The molecule has 0 aromatic carbocycles. The maximum absolute atomic E-state index is 11.5. The summed E-state index contributed by atoms with van der Waals surface area (Å²) in [5.41, 5.74) is 5.71. The lowest BCUT2D eigenvalue weighted by atomic mass is 9.98. The summed E-state index contributed by atoms with van der Waals surface area (Å²) in [4.78, 5) is 11.5. The topological polar surface area (TPSA) is 55.1 Å². The van der Waals surface area contributed by atoms with Crippen molar-refractivity contribution in [2.75, 3.05) is 18.6 Å². The van der Waals surface area contributed by atoms with Crippen molar-refractivity contribution in [1.29, 1.82) is 0 Å². The molecule has 0 heterocycles. The molecule has 0 spiro atoms. The standard InChI is InChI=1S/C11H22N2OS/c1-15-7-6-11(14)13-10(8-12)9-4-2-3-5-9/h9-10H,2-8,12H2,1H3,(H,13,14). The Morgan fingerprint density at radius 2 is 2.20 bits per heavy atom. The largest absolute Gasteiger partial charge is 0.352 e. The minimum atomic E-state index is 0.159. The van der Waals surface area contributed by atoms with Crippen LogP contribution in [0.2, 0.25) is 0 Å². The smallest absolute Gasteiger partial charge is 0.221 e. The lowest BCUT2D eigenvalue weighted by molar-refractivity contribution is -0.121. The van der Waals surface area contributed by atoms with Crippen molar-refractivity contribution in [3.05, 3.63) is 0 Å². The second kappa shape index (κ2) is 7.12. The van der Waals surface area contributed by atoms with Crippen molar-refractivity contribution in [2.24, 2.45) is 11.7 Å². The number of nitrogens with two attached hydrogens (primary N) is 1. The van der Waals surface area contributed by atoms with E-state index in [1.54, 1.807) is 11.8 Å². The van der Waals surface area contributed by atoms with E-state index in [4.69, 9.17) is 5.73 Å². The molecule has 1 unspecified atom stereocenters. The normalized spacial score (nSPS) is 19.1. The second-order valence-electron chi connectivity index (χ2n) is 4.20. The average Bonchev–Trinajstić information content (AvgIpc) is 2.76. The summed E-state index contributed by atoms with van der Waals surface area (Å²) < 4.78 is 0. The highest BCUT2D eigenvalue weighted by Gasteiger charge is 2.24. The first kappa shape index (κ1) is 12.8. The highest BCUT2D eigenvalue weighted by Crippen LogP contribution is 2.27. The summed E-state index contributed by atoms with van der Waals surface area (Å²) in [5.74, 6) is 1.67. The molecule has 4 heteroatoms. The Labute approximate surface area is 96.6 Å². The van der Waals surface area contributed by atoms with Crippen molar-refractivity contribution in [1.82, 2.24) is 5.32 Å². The molecule has 1 amide bonds. The minimum Gasteiger partial charge on any atom is -0.352 e. The first-order valence-electron chi connectivity index (χ1n) is 5.76. The van der Waals surface area contributed by atoms with E-state index >= 15 is 0 Å². The van der Waals surface area contributed by atoms with E-state index in [0.29, 0.717) is 18.9 Å². The summed E-state index contributed by atoms with van der Waals surface area (Å²) in [5, 5.41) is 3.07. The number of hydrogen-bond donors (Lipinski definition) is 2. The monoisotopic (exact) mass is 230 g/mol. The lowest BCUT2D eigenvalue weighted by Crippen LogP contribution is -2.44. The number of carbonyl (C=O) groups is 1. The quantitative estimate of drug-likeness (QED) is 0.724. The van der Waals surface area contributed by atoms with Crippen LogP contribution < -0.4 is 11.1 Å². The average molecular weight is 230 g/mol. The third-order valence-electron chi connectivity index (χ3n) is 3.10. The Bertz CT molecular complexity index is 193. The fourth-order valence-electron chi connectivity index (χ4n) is 2.20. The van der Waals surface area contributed by atoms with Gasteiger partial charge in [-0.2, -0.15) is 11.8 Å². The molecular formula is C11H22N2OS. The van der Waals surface area contributed by atoms with Gasteiger partial charge >= 0.3 is 0 Å². The van der Waals surface area contributed by atoms with Gasteiger partial charge < -0.3 is 11.1 Å². The summed E-state index contributed by atoms with van der Waals surface area (Å²) in [6, 6.07) is 0.210. The molecule has 1 aliphatic rings. The van der Waals surface area contributed by atoms with Crippen LogP contribution in [-0.2, 0) is 4.79 Å². The second-order valence-corrected chi connectivity index (χ2v) is 5.18. The first-order valence-corrected chi connectivity index (χ1v) is 7.15. The molecule has 0 aromatic rings. The maximum Gasteiger partial charge on any atom is 0.221 e. The van der Waals surface area contributed by atoms with Crippen molar-refractivity contribution in [3.63, 3.8) is 0 Å². The van der Waals surface area contributed by atoms with Crippen LogP contribution in [0, 0.1) is 5.92 Å². The Kier molecular flexibility index (Phi) is 6.10. The number of carbonyl (C=O) groups excluding carboxylic acids is 1. The number of amides is 1. The van der Waals surface area contributed by atoms with E-state index in [1.807, 2.05) is 6.26 Å². The number of thioether (sulfide) groups is 1. The lowest BCUT2D eigenvalue weighted by Gasteiger charge is -2.23. The first-order chi connectivity index (χ1) is 7.27. The fraction of sp³-hybridized carbons (Fsp3) is 0.909. The van der Waals surface area contributed by atoms with E-state index in [-0.39, 0.29) is 11.9 Å². The molecule has 15 heavy (non-hydrogen) atoms. The van der Waals surface area contributed by atoms with Gasteiger partial charge in [-0.15, -0.1) is 0 Å². The van der Waals surface area contributed by atoms with Gasteiger partial charge in [-0.3, -0.25) is 4.79 Å². The van der Waals surface area contributed by atoms with Crippen LogP contribution in [0.1, 0.15) is 32.1 Å². The summed E-state index contributed by atoms with van der Waals surface area (Å²) in [6.07, 6.45) is 7.67. The summed E-state index contributed by atoms with van der Waals surface area (Å²) in [6.45, 7) is 0.579. The molecule has 3 N–H and O–H groups in total. The predicted octanol–water partition coefficient (Wildman–Crippen LogP) is 1.37. The Hall–Kier alpha value is -0.220. The van der Waals surface area contributed by atoms with Gasteiger partial charge in [-0.25, -0.2) is 0 Å². The molecule has 1 fully saturated rings. The zero-order valence-electron chi connectivity index (χ0n) is 9.50. The van der Waals surface area contributed by atoms with Crippen molar-refractivity contribution < 1.29 is 4.79 Å². The molecule has 1 saturated carbocycles. The van der Waals surface area contributed by atoms with Crippen LogP contribution >= 0.6 is 11.8 Å². The minimum absolute atomic E-state index is 0.159. The number of hydrogen-bond acceptors (Lipinski definition) is 3. The van der Waals surface area contributed by atoms with E-state index < -0.39 is 0 Å². The fourth-order valence-corrected chi connectivity index (χ4v) is 2.59. The van der Waals surface area contributed by atoms with Gasteiger partial charge in [0, 0.05) is 24.8 Å². The molecule has 0 aliphatic heterocycles. The third kappa shape index (κ3) is 4.43. The molecular weight excluding hydrogens is 208 g/mol. The molecule has 1 rings (SSSR count). The Morgan fingerprint density at radius 1 is 1.53 bits per heavy atom. The van der Waals surface area contributed by atoms with Gasteiger partial charge in [0.2, 0.25) is 5.91 Å². The van der Waals surface area contributed by atoms with Gasteiger partial charge in [0.1, 0.15) is 0 Å². The number of nitrogens with one attached hydrogen (secondary N) is 1. The molecule has 0 bridgehead atoms. The van der Waals surface area contributed by atoms with Crippen molar-refractivity contribution in [3.8, 4) is 0 Å². The number of rotatable bonds is 6. The van der Waals surface area contributed by atoms with Crippen LogP contribution in [0.15, 0.2) is 0 Å². The Morgan fingerprint density at radius 3 is 2.73 bits per heavy atom. The van der Waals surface area contributed by atoms with Gasteiger partial charge in [0.15, 0.2) is 0 Å². The molecule has 88 valence electrons.